The number of rotatable bonds is 4. The lowest BCUT2D eigenvalue weighted by Gasteiger charge is -2.15. The van der Waals surface area contributed by atoms with E-state index in [-0.39, 0.29) is 11.7 Å². The summed E-state index contributed by atoms with van der Waals surface area (Å²) in [7, 11) is 0. The lowest BCUT2D eigenvalue weighted by Crippen LogP contribution is -2.18. The van der Waals surface area contributed by atoms with E-state index in [4.69, 9.17) is 16.7 Å². The monoisotopic (exact) mass is 255 g/mol. The van der Waals surface area contributed by atoms with E-state index in [9.17, 15) is 4.79 Å². The highest BCUT2D eigenvalue weighted by Gasteiger charge is 2.18. The number of aromatic nitrogens is 2. The third-order valence-corrected chi connectivity index (χ3v) is 3.05. The van der Waals surface area contributed by atoms with Crippen LogP contribution in [0, 0.1) is 0 Å². The first kappa shape index (κ1) is 12.1. The zero-order valence-electron chi connectivity index (χ0n) is 9.32. The third kappa shape index (κ3) is 3.30. The molecule has 2 N–H and O–H groups in total. The van der Waals surface area contributed by atoms with Gasteiger partial charge in [0.25, 0.3) is 0 Å². The Hall–Kier alpha value is -1.36. The molecule has 1 fully saturated rings. The van der Waals surface area contributed by atoms with E-state index in [2.05, 4.69) is 15.3 Å². The van der Waals surface area contributed by atoms with Crippen molar-refractivity contribution in [3.63, 3.8) is 0 Å². The molecule has 0 radical (unpaired) electrons. The third-order valence-electron chi connectivity index (χ3n) is 2.87. The second kappa shape index (κ2) is 5.31. The van der Waals surface area contributed by atoms with Crippen LogP contribution in [0.1, 0.15) is 31.2 Å². The number of carboxylic acids is 1. The number of nitrogens with one attached hydrogen (secondary N) is 1. The molecule has 2 rings (SSSR count). The predicted octanol–water partition coefficient (Wildman–Crippen LogP) is 2.11. The van der Waals surface area contributed by atoms with Gasteiger partial charge in [-0.15, -0.1) is 0 Å². The van der Waals surface area contributed by atoms with Crippen LogP contribution in [0.25, 0.3) is 0 Å². The Morgan fingerprint density at radius 1 is 1.53 bits per heavy atom. The quantitative estimate of drug-likeness (QED) is 0.806. The molecular formula is C11H14ClN3O2. The number of anilines is 1. The largest absolute Gasteiger partial charge is 0.481 e. The van der Waals surface area contributed by atoms with E-state index >= 15 is 0 Å². The van der Waals surface area contributed by atoms with Gasteiger partial charge in [-0.2, -0.15) is 0 Å². The number of halogens is 1. The van der Waals surface area contributed by atoms with Gasteiger partial charge >= 0.3 is 5.97 Å². The minimum atomic E-state index is -0.898. The van der Waals surface area contributed by atoms with Crippen LogP contribution in [-0.2, 0) is 11.2 Å². The van der Waals surface area contributed by atoms with Gasteiger partial charge in [0.1, 0.15) is 5.82 Å². The Balaban J connectivity index is 2.16. The van der Waals surface area contributed by atoms with Crippen molar-refractivity contribution in [2.75, 3.05) is 5.32 Å². The molecule has 0 atom stereocenters. The van der Waals surface area contributed by atoms with Crippen LogP contribution in [0.2, 0.25) is 5.28 Å². The molecule has 17 heavy (non-hydrogen) atoms. The lowest BCUT2D eigenvalue weighted by atomic mass is 10.2. The standard InChI is InChI=1S/C11H14ClN3O2/c12-11-13-6-7(5-9(16)17)10(15-11)14-8-3-1-2-4-8/h6,8H,1-5H2,(H,16,17)(H,13,14,15). The van der Waals surface area contributed by atoms with Crippen LogP contribution < -0.4 is 5.32 Å². The molecule has 1 aliphatic rings. The van der Waals surface area contributed by atoms with Gasteiger partial charge in [0.2, 0.25) is 5.28 Å². The molecule has 6 heteroatoms. The second-order valence-electron chi connectivity index (χ2n) is 4.21. The fraction of sp³-hybridized carbons (Fsp3) is 0.545. The van der Waals surface area contributed by atoms with Gasteiger partial charge in [0.15, 0.2) is 0 Å². The Morgan fingerprint density at radius 2 is 2.24 bits per heavy atom. The smallest absolute Gasteiger partial charge is 0.308 e. The van der Waals surface area contributed by atoms with E-state index in [0.29, 0.717) is 17.4 Å². The summed E-state index contributed by atoms with van der Waals surface area (Å²) in [4.78, 5) is 18.6. The summed E-state index contributed by atoms with van der Waals surface area (Å²) in [5.74, 6) is -0.343. The van der Waals surface area contributed by atoms with Gasteiger partial charge < -0.3 is 10.4 Å². The van der Waals surface area contributed by atoms with Crippen LogP contribution in [-0.4, -0.2) is 27.1 Å². The van der Waals surface area contributed by atoms with Gasteiger partial charge in [-0.3, -0.25) is 4.79 Å². The van der Waals surface area contributed by atoms with Gasteiger partial charge in [0, 0.05) is 17.8 Å². The SMILES string of the molecule is O=C(O)Cc1cnc(Cl)nc1NC1CCCC1. The Morgan fingerprint density at radius 3 is 2.88 bits per heavy atom. The van der Waals surface area contributed by atoms with Gasteiger partial charge in [-0.1, -0.05) is 12.8 Å². The highest BCUT2D eigenvalue weighted by molar-refractivity contribution is 6.28. The molecule has 1 aromatic rings. The first-order valence-corrected chi connectivity index (χ1v) is 6.02. The van der Waals surface area contributed by atoms with Gasteiger partial charge in [0.05, 0.1) is 6.42 Å². The van der Waals surface area contributed by atoms with Crippen LogP contribution in [0.4, 0.5) is 5.82 Å². The average molecular weight is 256 g/mol. The molecular weight excluding hydrogens is 242 g/mol. The van der Waals surface area contributed by atoms with Crippen LogP contribution in [0.15, 0.2) is 6.20 Å². The Kier molecular flexibility index (Phi) is 3.78. The van der Waals surface area contributed by atoms with Crippen LogP contribution >= 0.6 is 11.6 Å². The van der Waals surface area contributed by atoms with Gasteiger partial charge in [-0.25, -0.2) is 9.97 Å². The molecule has 92 valence electrons. The summed E-state index contributed by atoms with van der Waals surface area (Å²) in [6.07, 6.45) is 5.96. The van der Waals surface area contributed by atoms with Crippen molar-refractivity contribution in [2.24, 2.45) is 0 Å². The number of aliphatic carboxylic acids is 1. The summed E-state index contributed by atoms with van der Waals surface area (Å²) in [5, 5.41) is 12.2. The molecule has 0 saturated heterocycles. The van der Waals surface area contributed by atoms with E-state index in [0.717, 1.165) is 12.8 Å². The number of hydrogen-bond donors (Lipinski definition) is 2. The van der Waals surface area contributed by atoms with Crippen LogP contribution in [0.3, 0.4) is 0 Å². The minimum Gasteiger partial charge on any atom is -0.481 e. The highest BCUT2D eigenvalue weighted by atomic mass is 35.5. The molecule has 0 bridgehead atoms. The Labute approximate surface area is 104 Å². The van der Waals surface area contributed by atoms with Crippen LogP contribution in [0.5, 0.6) is 0 Å². The molecule has 1 aliphatic carbocycles. The fourth-order valence-electron chi connectivity index (χ4n) is 2.07. The van der Waals surface area contributed by atoms with Crippen molar-refractivity contribution < 1.29 is 9.90 Å². The zero-order valence-corrected chi connectivity index (χ0v) is 10.1. The topological polar surface area (TPSA) is 75.1 Å². The first-order chi connectivity index (χ1) is 8.15. The number of hydrogen-bond acceptors (Lipinski definition) is 4. The maximum Gasteiger partial charge on any atom is 0.308 e. The molecule has 0 amide bonds. The van der Waals surface area contributed by atoms with Crippen molar-refractivity contribution in [1.82, 2.24) is 9.97 Å². The van der Waals surface area contributed by atoms with Crippen molar-refractivity contribution >= 4 is 23.4 Å². The molecule has 1 aromatic heterocycles. The molecule has 1 saturated carbocycles. The molecule has 0 unspecified atom stereocenters. The number of carboxylic acid groups (broad SMARTS) is 1. The molecule has 0 aromatic carbocycles. The maximum absolute atomic E-state index is 10.7. The van der Waals surface area contributed by atoms with E-state index in [1.807, 2.05) is 0 Å². The normalized spacial score (nSPS) is 16.1. The first-order valence-electron chi connectivity index (χ1n) is 5.65. The van der Waals surface area contributed by atoms with Crippen molar-refractivity contribution in [3.05, 3.63) is 17.0 Å². The zero-order chi connectivity index (χ0) is 12.3. The van der Waals surface area contributed by atoms with E-state index in [1.165, 1.54) is 19.0 Å². The Bertz CT molecular complexity index is 419. The molecule has 0 spiro atoms. The number of nitrogens with zero attached hydrogens (tertiary/aromatic N) is 2. The second-order valence-corrected chi connectivity index (χ2v) is 4.55. The number of carbonyl (C=O) groups is 1. The fourth-order valence-corrected chi connectivity index (χ4v) is 2.20. The van der Waals surface area contributed by atoms with E-state index < -0.39 is 5.97 Å². The highest BCUT2D eigenvalue weighted by Crippen LogP contribution is 2.23. The summed E-state index contributed by atoms with van der Waals surface area (Å²) < 4.78 is 0. The maximum atomic E-state index is 10.7. The lowest BCUT2D eigenvalue weighted by molar-refractivity contribution is -0.136. The van der Waals surface area contributed by atoms with Gasteiger partial charge in [-0.05, 0) is 24.4 Å². The molecule has 5 nitrogen and oxygen atoms in total. The molecule has 1 heterocycles. The summed E-state index contributed by atoms with van der Waals surface area (Å²) in [5.41, 5.74) is 0.578. The minimum absolute atomic E-state index is 0.0910. The molecule has 0 aliphatic heterocycles. The van der Waals surface area contributed by atoms with Crippen molar-refractivity contribution in [3.8, 4) is 0 Å². The summed E-state index contributed by atoms with van der Waals surface area (Å²) >= 11 is 5.73. The predicted molar refractivity (Wildman–Crippen MR) is 64.3 cm³/mol. The summed E-state index contributed by atoms with van der Waals surface area (Å²) in [6, 6.07) is 0.369. The summed E-state index contributed by atoms with van der Waals surface area (Å²) in [6.45, 7) is 0. The van der Waals surface area contributed by atoms with E-state index in [1.54, 1.807) is 0 Å². The average Bonchev–Trinajstić information content (AvgIpc) is 2.74. The van der Waals surface area contributed by atoms with Crippen molar-refractivity contribution in [2.45, 2.75) is 38.1 Å². The van der Waals surface area contributed by atoms with Crippen molar-refractivity contribution in [1.29, 1.82) is 0 Å².